The van der Waals surface area contributed by atoms with Gasteiger partial charge >= 0.3 is 0 Å². The highest BCUT2D eigenvalue weighted by atomic mass is 32.1. The van der Waals surface area contributed by atoms with Crippen molar-refractivity contribution in [2.45, 2.75) is 125 Å². The summed E-state index contributed by atoms with van der Waals surface area (Å²) >= 11 is 10.4. The van der Waals surface area contributed by atoms with Crippen LogP contribution < -0.4 is 21.3 Å². The molecule has 0 radical (unpaired) electrons. The molecule has 0 aromatic heterocycles. The third-order valence-electron chi connectivity index (χ3n) is 7.51. The van der Waals surface area contributed by atoms with E-state index in [9.17, 15) is 40.9 Å². The zero-order valence-electron chi connectivity index (χ0n) is 23.9. The van der Waals surface area contributed by atoms with Gasteiger partial charge in [-0.25, -0.2) is 0 Å². The molecular weight excluding hydrogens is 592 g/mol. The zero-order valence-corrected chi connectivity index (χ0v) is 25.5. The maximum absolute atomic E-state index is 10.1. The lowest BCUT2D eigenvalue weighted by molar-refractivity contribution is -0.232. The van der Waals surface area contributed by atoms with Crippen molar-refractivity contribution in [2.75, 3.05) is 26.3 Å². The fourth-order valence-corrected chi connectivity index (χ4v) is 5.31. The molecule has 2 aliphatic rings. The average Bonchev–Trinajstić information content (AvgIpc) is 2.97. The van der Waals surface area contributed by atoms with Gasteiger partial charge in [-0.2, -0.15) is 0 Å². The molecule has 0 bridgehead atoms. The van der Waals surface area contributed by atoms with E-state index in [1.807, 2.05) is 0 Å². The number of ether oxygens (including phenoxy) is 2. The first-order valence-corrected chi connectivity index (χ1v) is 15.6. The SMILES string of the molecule is OC[C@H]1O[C@@H](NC(=S)NCCCCCCCCCCCCNC(=S)N[C@@H]2O[C@H](CO)[C@@H](O)[C@H](O)[C@H]2O)[C@H](O)[C@@H](O)[C@@H]1O. The molecule has 0 aromatic carbocycles. The number of aliphatic hydroxyl groups is 8. The number of unbranched alkanes of at least 4 members (excludes halogenated alkanes) is 9. The molecule has 0 spiro atoms. The van der Waals surface area contributed by atoms with E-state index in [1.165, 1.54) is 12.8 Å². The molecule has 0 unspecified atom stereocenters. The predicted octanol–water partition coefficient (Wildman–Crippen LogP) is -2.58. The maximum Gasteiger partial charge on any atom is 0.168 e. The molecular formula is C26H50N4O10S2. The average molecular weight is 643 g/mol. The standard InChI is InChI=1S/C26H50N4O10S2/c31-13-15-17(33)19(35)21(37)23(39-15)29-25(41)27-11-9-7-5-3-1-2-4-6-8-10-12-28-26(42)30-24-22(38)20(36)18(34)16(14-32)40-24/h15-24,31-38H,1-14H2,(H2,27,29,41)(H2,28,30,42)/t15-,16-,17-,18-,19+,20+,21-,22-,23-,24-/m1/s1. The van der Waals surface area contributed by atoms with Crippen LogP contribution in [0.4, 0.5) is 0 Å². The van der Waals surface area contributed by atoms with Crippen LogP contribution in [0.15, 0.2) is 0 Å². The monoisotopic (exact) mass is 642 g/mol. The third kappa shape index (κ3) is 12.2. The minimum Gasteiger partial charge on any atom is -0.394 e. The molecule has 16 heteroatoms. The Kier molecular flexibility index (Phi) is 17.8. The third-order valence-corrected chi connectivity index (χ3v) is 8.03. The first-order chi connectivity index (χ1) is 20.1. The van der Waals surface area contributed by atoms with E-state index in [0.29, 0.717) is 13.1 Å². The molecule has 2 heterocycles. The number of aliphatic hydroxyl groups excluding tert-OH is 8. The summed E-state index contributed by atoms with van der Waals surface area (Å²) in [6, 6.07) is 0. The van der Waals surface area contributed by atoms with Crippen LogP contribution in [0.1, 0.15) is 64.2 Å². The van der Waals surface area contributed by atoms with Gasteiger partial charge in [-0.15, -0.1) is 0 Å². The smallest absolute Gasteiger partial charge is 0.168 e. The van der Waals surface area contributed by atoms with Gasteiger partial charge in [0.05, 0.1) is 13.2 Å². The molecule has 10 atom stereocenters. The molecule has 14 nitrogen and oxygen atoms in total. The van der Waals surface area contributed by atoms with Gasteiger partial charge in [0.2, 0.25) is 0 Å². The minimum absolute atomic E-state index is 0.265. The van der Waals surface area contributed by atoms with Crippen molar-refractivity contribution in [2.24, 2.45) is 0 Å². The van der Waals surface area contributed by atoms with Crippen molar-refractivity contribution in [1.82, 2.24) is 21.3 Å². The largest absolute Gasteiger partial charge is 0.394 e. The van der Waals surface area contributed by atoms with E-state index in [-0.39, 0.29) is 10.2 Å². The fourth-order valence-electron chi connectivity index (χ4n) is 4.87. The first kappa shape index (κ1) is 37.2. The van der Waals surface area contributed by atoms with Crippen LogP contribution in [0.2, 0.25) is 0 Å². The summed E-state index contributed by atoms with van der Waals surface area (Å²) in [6.07, 6.45) is -1.62. The van der Waals surface area contributed by atoms with E-state index in [2.05, 4.69) is 21.3 Å². The molecule has 0 saturated carbocycles. The number of hydrogen-bond donors (Lipinski definition) is 12. The summed E-state index contributed by atoms with van der Waals surface area (Å²) < 4.78 is 10.8. The summed E-state index contributed by atoms with van der Waals surface area (Å²) in [7, 11) is 0. The molecule has 12 N–H and O–H groups in total. The number of nitrogens with one attached hydrogen (secondary N) is 4. The fraction of sp³-hybridized carbons (Fsp3) is 0.923. The predicted molar refractivity (Wildman–Crippen MR) is 161 cm³/mol. The Morgan fingerprint density at radius 2 is 0.786 bits per heavy atom. The van der Waals surface area contributed by atoms with Gasteiger partial charge in [0.15, 0.2) is 22.7 Å². The molecule has 42 heavy (non-hydrogen) atoms. The molecule has 246 valence electrons. The molecule has 0 amide bonds. The second kappa shape index (κ2) is 20.1. The summed E-state index contributed by atoms with van der Waals surface area (Å²) in [5.41, 5.74) is 0. The van der Waals surface area contributed by atoms with Crippen molar-refractivity contribution in [3.63, 3.8) is 0 Å². The van der Waals surface area contributed by atoms with Crippen LogP contribution in [0, 0.1) is 0 Å². The van der Waals surface area contributed by atoms with E-state index in [4.69, 9.17) is 33.9 Å². The summed E-state index contributed by atoms with van der Waals surface area (Å²) in [4.78, 5) is 0. The van der Waals surface area contributed by atoms with Gasteiger partial charge in [0.25, 0.3) is 0 Å². The van der Waals surface area contributed by atoms with Gasteiger partial charge in [-0.1, -0.05) is 51.4 Å². The zero-order chi connectivity index (χ0) is 31.1. The van der Waals surface area contributed by atoms with E-state index in [1.54, 1.807) is 0 Å². The lowest BCUT2D eigenvalue weighted by Crippen LogP contribution is -2.64. The van der Waals surface area contributed by atoms with E-state index >= 15 is 0 Å². The highest BCUT2D eigenvalue weighted by Crippen LogP contribution is 2.20. The number of thiocarbonyl (C=S) groups is 2. The second-order valence-electron chi connectivity index (χ2n) is 10.8. The topological polar surface area (TPSA) is 228 Å². The lowest BCUT2D eigenvalue weighted by atomic mass is 9.98. The number of rotatable bonds is 17. The van der Waals surface area contributed by atoms with Crippen LogP contribution >= 0.6 is 24.4 Å². The Hall–Kier alpha value is -1.02. The molecule has 2 aliphatic heterocycles. The summed E-state index contributed by atoms with van der Waals surface area (Å²) in [6.45, 7) is 0.318. The minimum atomic E-state index is -1.45. The van der Waals surface area contributed by atoms with Crippen LogP contribution in [0.25, 0.3) is 0 Å². The number of hydrogen-bond acceptors (Lipinski definition) is 12. The maximum atomic E-state index is 10.1. The molecule has 2 rings (SSSR count). The van der Waals surface area contributed by atoms with Gasteiger partial charge in [0, 0.05) is 13.1 Å². The van der Waals surface area contributed by atoms with Gasteiger partial charge in [-0.3, -0.25) is 0 Å². The van der Waals surface area contributed by atoms with Crippen molar-refractivity contribution in [3.8, 4) is 0 Å². The Balaban J connectivity index is 1.39. The van der Waals surface area contributed by atoms with Crippen LogP contribution in [-0.4, -0.2) is 139 Å². The molecule has 2 saturated heterocycles. The highest BCUT2D eigenvalue weighted by molar-refractivity contribution is 7.80. The Bertz CT molecular complexity index is 725. The van der Waals surface area contributed by atoms with Gasteiger partial charge in [0.1, 0.15) is 48.8 Å². The Morgan fingerprint density at radius 3 is 1.10 bits per heavy atom. The van der Waals surface area contributed by atoms with Gasteiger partial charge in [-0.05, 0) is 37.3 Å². The van der Waals surface area contributed by atoms with E-state index < -0.39 is 74.5 Å². The normalized spacial score (nSPS) is 33.1. The van der Waals surface area contributed by atoms with Crippen molar-refractivity contribution >= 4 is 34.7 Å². The highest BCUT2D eigenvalue weighted by Gasteiger charge is 2.44. The molecule has 0 aromatic rings. The Morgan fingerprint density at radius 1 is 0.476 bits per heavy atom. The lowest BCUT2D eigenvalue weighted by Gasteiger charge is -2.40. The first-order valence-electron chi connectivity index (χ1n) is 14.8. The second-order valence-corrected chi connectivity index (χ2v) is 11.7. The quantitative estimate of drug-likeness (QED) is 0.0577. The summed E-state index contributed by atoms with van der Waals surface area (Å²) in [5, 5.41) is 90.1. The summed E-state index contributed by atoms with van der Waals surface area (Å²) in [5.74, 6) is 0. The van der Waals surface area contributed by atoms with Crippen LogP contribution in [0.5, 0.6) is 0 Å². The van der Waals surface area contributed by atoms with Crippen molar-refractivity contribution < 1.29 is 50.3 Å². The Labute approximate surface area is 257 Å². The van der Waals surface area contributed by atoms with Crippen molar-refractivity contribution in [3.05, 3.63) is 0 Å². The van der Waals surface area contributed by atoms with Crippen LogP contribution in [0.3, 0.4) is 0 Å². The van der Waals surface area contributed by atoms with Crippen LogP contribution in [-0.2, 0) is 9.47 Å². The molecule has 0 aliphatic carbocycles. The van der Waals surface area contributed by atoms with Gasteiger partial charge < -0.3 is 71.6 Å². The molecule has 2 fully saturated rings. The van der Waals surface area contributed by atoms with Crippen molar-refractivity contribution in [1.29, 1.82) is 0 Å². The van der Waals surface area contributed by atoms with E-state index in [0.717, 1.165) is 51.4 Å².